The van der Waals surface area contributed by atoms with Gasteiger partial charge in [-0.15, -0.1) is 0 Å². The largest absolute Gasteiger partial charge is 0.493 e. The molecule has 1 aromatic rings. The summed E-state index contributed by atoms with van der Waals surface area (Å²) in [5.41, 5.74) is 0. The van der Waals surface area contributed by atoms with Gasteiger partial charge in [0, 0.05) is 6.07 Å². The molecule has 1 aromatic carbocycles. The monoisotopic (exact) mass is 274 g/mol. The lowest BCUT2D eigenvalue weighted by atomic mass is 10.3. The molecule has 0 atom stereocenters. The topological polar surface area (TPSA) is 18.5 Å². The Balaban J connectivity index is 2.26. The standard InChI is InChI=1S/C18H26O2/c1-3-5-7-9-14-19-17-12-11-13-18(16-17)20-15-10-8-6-4-2/h3-6,11-13,16H,7-10,14-15H2,1-2H3/b5-3+,6-4+. The molecular formula is C18H26O2. The van der Waals surface area contributed by atoms with Crippen LogP contribution in [0.4, 0.5) is 0 Å². The molecule has 0 fully saturated rings. The predicted octanol–water partition coefficient (Wildman–Crippen LogP) is 5.16. The number of ether oxygens (including phenoxy) is 2. The Morgan fingerprint density at radius 1 is 0.850 bits per heavy atom. The number of benzene rings is 1. The van der Waals surface area contributed by atoms with Gasteiger partial charge in [0.1, 0.15) is 11.5 Å². The Morgan fingerprint density at radius 2 is 1.35 bits per heavy atom. The predicted molar refractivity (Wildman–Crippen MR) is 85.5 cm³/mol. The van der Waals surface area contributed by atoms with Crippen LogP contribution in [0.2, 0.25) is 0 Å². The summed E-state index contributed by atoms with van der Waals surface area (Å²) in [6.07, 6.45) is 12.7. The van der Waals surface area contributed by atoms with Crippen LogP contribution in [0.3, 0.4) is 0 Å². The highest BCUT2D eigenvalue weighted by molar-refractivity contribution is 5.32. The van der Waals surface area contributed by atoms with Crippen molar-refractivity contribution in [3.8, 4) is 11.5 Å². The highest BCUT2D eigenvalue weighted by Crippen LogP contribution is 2.20. The summed E-state index contributed by atoms with van der Waals surface area (Å²) >= 11 is 0. The highest BCUT2D eigenvalue weighted by atomic mass is 16.5. The lowest BCUT2D eigenvalue weighted by Crippen LogP contribution is -1.99. The van der Waals surface area contributed by atoms with Gasteiger partial charge in [-0.1, -0.05) is 30.4 Å². The number of hydrogen-bond donors (Lipinski definition) is 0. The zero-order chi connectivity index (χ0) is 14.5. The second kappa shape index (κ2) is 11.2. The third-order valence-corrected chi connectivity index (χ3v) is 2.84. The van der Waals surface area contributed by atoms with Gasteiger partial charge >= 0.3 is 0 Å². The first-order chi connectivity index (χ1) is 9.86. The number of allylic oxidation sites excluding steroid dienone is 4. The molecule has 110 valence electrons. The summed E-state index contributed by atoms with van der Waals surface area (Å²) in [4.78, 5) is 0. The van der Waals surface area contributed by atoms with E-state index in [1.54, 1.807) is 0 Å². The summed E-state index contributed by atoms with van der Waals surface area (Å²) in [5.74, 6) is 1.77. The molecule has 0 N–H and O–H groups in total. The first-order valence-corrected chi connectivity index (χ1v) is 7.44. The fourth-order valence-electron chi connectivity index (χ4n) is 1.77. The molecule has 0 saturated heterocycles. The summed E-state index contributed by atoms with van der Waals surface area (Å²) in [5, 5.41) is 0. The van der Waals surface area contributed by atoms with E-state index in [9.17, 15) is 0 Å². The molecule has 0 aliphatic carbocycles. The maximum absolute atomic E-state index is 5.71. The van der Waals surface area contributed by atoms with E-state index in [1.165, 1.54) is 0 Å². The average molecular weight is 274 g/mol. The summed E-state index contributed by atoms with van der Waals surface area (Å²) < 4.78 is 11.4. The average Bonchev–Trinajstić information content (AvgIpc) is 2.47. The van der Waals surface area contributed by atoms with Crippen molar-refractivity contribution in [2.75, 3.05) is 13.2 Å². The van der Waals surface area contributed by atoms with Gasteiger partial charge in [0.2, 0.25) is 0 Å². The van der Waals surface area contributed by atoms with Gasteiger partial charge in [0.25, 0.3) is 0 Å². The molecule has 0 saturated carbocycles. The highest BCUT2D eigenvalue weighted by Gasteiger charge is 1.97. The zero-order valence-electron chi connectivity index (χ0n) is 12.7. The summed E-state index contributed by atoms with van der Waals surface area (Å²) in [6.45, 7) is 5.57. The van der Waals surface area contributed by atoms with Crippen molar-refractivity contribution in [2.45, 2.75) is 39.5 Å². The second-order valence-corrected chi connectivity index (χ2v) is 4.59. The van der Waals surface area contributed by atoms with E-state index in [1.807, 2.05) is 38.1 Å². The molecule has 0 aliphatic heterocycles. The van der Waals surface area contributed by atoms with E-state index >= 15 is 0 Å². The number of rotatable bonds is 10. The Bertz CT molecular complexity index is 372. The minimum Gasteiger partial charge on any atom is -0.493 e. The van der Waals surface area contributed by atoms with Crippen LogP contribution < -0.4 is 9.47 Å². The fourth-order valence-corrected chi connectivity index (χ4v) is 1.77. The van der Waals surface area contributed by atoms with Gasteiger partial charge in [0.15, 0.2) is 0 Å². The van der Waals surface area contributed by atoms with Crippen LogP contribution in [0.25, 0.3) is 0 Å². The van der Waals surface area contributed by atoms with Crippen molar-refractivity contribution >= 4 is 0 Å². The third-order valence-electron chi connectivity index (χ3n) is 2.84. The van der Waals surface area contributed by atoms with Gasteiger partial charge in [0.05, 0.1) is 13.2 Å². The Morgan fingerprint density at radius 3 is 1.80 bits per heavy atom. The van der Waals surface area contributed by atoms with Crippen molar-refractivity contribution in [2.24, 2.45) is 0 Å². The third kappa shape index (κ3) is 7.67. The van der Waals surface area contributed by atoms with Crippen LogP contribution in [0.15, 0.2) is 48.6 Å². The zero-order valence-corrected chi connectivity index (χ0v) is 12.7. The van der Waals surface area contributed by atoms with Crippen LogP contribution in [-0.2, 0) is 0 Å². The number of hydrogen-bond acceptors (Lipinski definition) is 2. The van der Waals surface area contributed by atoms with E-state index in [0.29, 0.717) is 0 Å². The van der Waals surface area contributed by atoms with E-state index in [-0.39, 0.29) is 0 Å². The lowest BCUT2D eigenvalue weighted by molar-refractivity contribution is 0.296. The molecular weight excluding hydrogens is 248 g/mol. The minimum absolute atomic E-state index is 0.745. The van der Waals surface area contributed by atoms with Gasteiger partial charge in [-0.3, -0.25) is 0 Å². The van der Waals surface area contributed by atoms with Crippen LogP contribution in [0.5, 0.6) is 11.5 Å². The maximum atomic E-state index is 5.71. The summed E-state index contributed by atoms with van der Waals surface area (Å²) in [6, 6.07) is 7.89. The van der Waals surface area contributed by atoms with Crippen molar-refractivity contribution in [3.05, 3.63) is 48.6 Å². The molecule has 0 bridgehead atoms. The van der Waals surface area contributed by atoms with Crippen LogP contribution in [0, 0.1) is 0 Å². The Labute approximate surface area is 123 Å². The van der Waals surface area contributed by atoms with E-state index in [2.05, 4.69) is 24.3 Å². The molecule has 0 radical (unpaired) electrons. The molecule has 20 heavy (non-hydrogen) atoms. The van der Waals surface area contributed by atoms with Crippen molar-refractivity contribution in [3.63, 3.8) is 0 Å². The molecule has 1 rings (SSSR count). The maximum Gasteiger partial charge on any atom is 0.122 e. The van der Waals surface area contributed by atoms with E-state index in [0.717, 1.165) is 50.4 Å². The fraction of sp³-hybridized carbons (Fsp3) is 0.444. The van der Waals surface area contributed by atoms with Gasteiger partial charge in [-0.05, 0) is 51.7 Å². The molecule has 0 spiro atoms. The quantitative estimate of drug-likeness (QED) is 0.433. The van der Waals surface area contributed by atoms with Crippen LogP contribution in [0.1, 0.15) is 39.5 Å². The molecule has 0 aromatic heterocycles. The molecule has 2 heteroatoms. The molecule has 0 aliphatic rings. The van der Waals surface area contributed by atoms with Gasteiger partial charge in [-0.2, -0.15) is 0 Å². The normalized spacial score (nSPS) is 11.3. The summed E-state index contributed by atoms with van der Waals surface area (Å²) in [7, 11) is 0. The van der Waals surface area contributed by atoms with Crippen LogP contribution >= 0.6 is 0 Å². The molecule has 0 heterocycles. The molecule has 0 unspecified atom stereocenters. The van der Waals surface area contributed by atoms with Crippen molar-refractivity contribution in [1.29, 1.82) is 0 Å². The van der Waals surface area contributed by atoms with Crippen molar-refractivity contribution < 1.29 is 9.47 Å². The minimum atomic E-state index is 0.745. The lowest BCUT2D eigenvalue weighted by Gasteiger charge is -2.09. The molecule has 2 nitrogen and oxygen atoms in total. The van der Waals surface area contributed by atoms with E-state index in [4.69, 9.17) is 9.47 Å². The Kier molecular flexibility index (Phi) is 9.12. The smallest absolute Gasteiger partial charge is 0.122 e. The SMILES string of the molecule is C/C=C/CCCOc1cccc(OCCC/C=C/C)c1. The van der Waals surface area contributed by atoms with Crippen LogP contribution in [-0.4, -0.2) is 13.2 Å². The Hall–Kier alpha value is -1.70. The second-order valence-electron chi connectivity index (χ2n) is 4.59. The number of unbranched alkanes of at least 4 members (excludes halogenated alkanes) is 2. The van der Waals surface area contributed by atoms with Gasteiger partial charge < -0.3 is 9.47 Å². The molecule has 0 amide bonds. The van der Waals surface area contributed by atoms with E-state index < -0.39 is 0 Å². The first-order valence-electron chi connectivity index (χ1n) is 7.44. The van der Waals surface area contributed by atoms with Crippen molar-refractivity contribution in [1.82, 2.24) is 0 Å². The van der Waals surface area contributed by atoms with Gasteiger partial charge in [-0.25, -0.2) is 0 Å². The first kappa shape index (κ1) is 16.4.